The van der Waals surface area contributed by atoms with Gasteiger partial charge in [0.05, 0.1) is 0 Å². The summed E-state index contributed by atoms with van der Waals surface area (Å²) in [6, 6.07) is 13.8. The Morgan fingerprint density at radius 3 is 2.22 bits per heavy atom. The molecule has 0 aliphatic rings. The highest BCUT2D eigenvalue weighted by molar-refractivity contribution is 7.79. The third-order valence-corrected chi connectivity index (χ3v) is 3.19. The van der Waals surface area contributed by atoms with E-state index >= 15 is 0 Å². The molecule has 0 aliphatic carbocycles. The van der Waals surface area contributed by atoms with Crippen LogP contribution in [0.5, 0.6) is 0 Å². The molecule has 0 heterocycles. The Bertz CT molecular complexity index is 800. The van der Waals surface area contributed by atoms with Crippen molar-refractivity contribution in [1.82, 2.24) is 0 Å². The van der Waals surface area contributed by atoms with E-state index in [9.17, 15) is 10.5 Å². The fourth-order valence-electron chi connectivity index (χ4n) is 1.79. The molecular weight excluding hydrogens is 310 g/mol. The quantitative estimate of drug-likeness (QED) is 0.348. The fraction of sp³-hybridized carbons (Fsp3) is 0.133. The lowest BCUT2D eigenvalue weighted by molar-refractivity contribution is -0.843. The molecule has 0 spiro atoms. The van der Waals surface area contributed by atoms with Crippen LogP contribution in [-0.4, -0.2) is 22.2 Å². The minimum atomic E-state index is -2.23. The summed E-state index contributed by atoms with van der Waals surface area (Å²) in [7, 11) is 0. The van der Waals surface area contributed by atoms with E-state index < -0.39 is 11.1 Å². The minimum Gasteiger partial charge on any atom is -0.762 e. The molecule has 0 saturated heterocycles. The molecule has 23 heavy (non-hydrogen) atoms. The van der Waals surface area contributed by atoms with Crippen molar-refractivity contribution in [2.75, 3.05) is 0 Å². The van der Waals surface area contributed by atoms with E-state index in [2.05, 4.69) is 5.10 Å². The largest absolute Gasteiger partial charge is 0.762 e. The molecule has 1 unspecified atom stereocenters. The number of nitriles is 3. The fourth-order valence-corrected chi connectivity index (χ4v) is 1.99. The summed E-state index contributed by atoms with van der Waals surface area (Å²) in [5.41, 5.74) is 3.91. The number of nitrogens with two attached hydrogens (primary N) is 1. The average Bonchev–Trinajstić information content (AvgIpc) is 2.58. The molecule has 0 radical (unpaired) electrons. The standard InChI is InChI=1S/C15H10N7S/c1-11(12-5-3-2-4-6-12)21-22(14(20)23)15(9-18,10-19)13(7-16)8-17/h2-6H,1H3,(H2,20,23)/q-1/p+1/b21-11-. The van der Waals surface area contributed by atoms with Crippen LogP contribution in [-0.2, 0) is 0 Å². The van der Waals surface area contributed by atoms with Gasteiger partial charge < -0.3 is 11.1 Å². The normalized spacial score (nSPS) is 12.0. The Kier molecular flexibility index (Phi) is 5.86. The molecule has 1 rings (SSSR count). The lowest BCUT2D eigenvalue weighted by atomic mass is 9.94. The summed E-state index contributed by atoms with van der Waals surface area (Å²) in [6.45, 7) is 1.64. The monoisotopic (exact) mass is 321 g/mol. The number of nitrogens with zero attached hydrogens (tertiary/aromatic N) is 5. The second-order valence-electron chi connectivity index (χ2n) is 4.35. The van der Waals surface area contributed by atoms with Gasteiger partial charge in [0.2, 0.25) is 0 Å². The molecule has 0 fully saturated rings. The van der Waals surface area contributed by atoms with Gasteiger partial charge in [-0.2, -0.15) is 15.8 Å². The van der Waals surface area contributed by atoms with Gasteiger partial charge in [-0.05, 0) is 6.92 Å². The number of rotatable bonds is 4. The molecule has 0 saturated carbocycles. The first kappa shape index (κ1) is 17.7. The second kappa shape index (κ2) is 7.61. The molecule has 3 N–H and O–H groups in total. The van der Waals surface area contributed by atoms with Crippen LogP contribution in [0.1, 0.15) is 12.5 Å². The van der Waals surface area contributed by atoms with Crippen molar-refractivity contribution in [3.63, 3.8) is 0 Å². The van der Waals surface area contributed by atoms with Crippen molar-refractivity contribution in [3.8, 4) is 18.2 Å². The minimum absolute atomic E-state index is 0.294. The summed E-state index contributed by atoms with van der Waals surface area (Å²) < 4.78 is 0. The molecule has 0 aromatic heterocycles. The lowest BCUT2D eigenvalue weighted by Gasteiger charge is -2.22. The van der Waals surface area contributed by atoms with Crippen LogP contribution in [0, 0.1) is 34.0 Å². The summed E-state index contributed by atoms with van der Waals surface area (Å²) in [4.78, 5) is 0. The van der Waals surface area contributed by atoms with Gasteiger partial charge in [-0.15, -0.1) is 5.01 Å². The van der Waals surface area contributed by atoms with E-state index in [-0.39, 0.29) is 10.1 Å². The first-order chi connectivity index (χ1) is 11.0. The van der Waals surface area contributed by atoms with Crippen LogP contribution < -0.4 is 10.7 Å². The number of hydrogen-bond acceptors (Lipinski definition) is 5. The first-order valence-electron chi connectivity index (χ1n) is 6.25. The Hall–Kier alpha value is -3.34. The van der Waals surface area contributed by atoms with Gasteiger partial charge in [0.1, 0.15) is 17.4 Å². The molecular formula is C15H11N7S. The van der Waals surface area contributed by atoms with Gasteiger partial charge in [0.15, 0.2) is 12.1 Å². The zero-order chi connectivity index (χ0) is 17.5. The van der Waals surface area contributed by atoms with Crippen molar-refractivity contribution in [1.29, 1.82) is 15.8 Å². The van der Waals surface area contributed by atoms with Gasteiger partial charge in [-0.3, -0.25) is 0 Å². The number of nitrogens with one attached hydrogen (secondary N) is 1. The summed E-state index contributed by atoms with van der Waals surface area (Å²) >= 11 is 4.88. The topological polar surface area (TPSA) is 136 Å². The average molecular weight is 321 g/mol. The highest BCUT2D eigenvalue weighted by atomic mass is 32.1. The third kappa shape index (κ3) is 3.47. The second-order valence-corrected chi connectivity index (χ2v) is 4.79. The Morgan fingerprint density at radius 2 is 1.83 bits per heavy atom. The van der Waals surface area contributed by atoms with Crippen LogP contribution in [0.25, 0.3) is 5.41 Å². The maximum Gasteiger partial charge on any atom is 0.341 e. The molecule has 112 valence electrons. The molecule has 1 atom stereocenters. The zero-order valence-electron chi connectivity index (χ0n) is 12.1. The predicted molar refractivity (Wildman–Crippen MR) is 87.9 cm³/mol. The molecule has 0 bridgehead atoms. The number of benzene rings is 1. The van der Waals surface area contributed by atoms with Crippen molar-refractivity contribution in [2.24, 2.45) is 10.8 Å². The highest BCUT2D eigenvalue weighted by Gasteiger charge is 2.49. The van der Waals surface area contributed by atoms with Crippen molar-refractivity contribution >= 4 is 28.9 Å². The van der Waals surface area contributed by atoms with Gasteiger partial charge >= 0.3 is 5.54 Å². The first-order valence-corrected chi connectivity index (χ1v) is 6.65. The van der Waals surface area contributed by atoms with Crippen LogP contribution in [0.15, 0.2) is 41.0 Å². The highest BCUT2D eigenvalue weighted by Crippen LogP contribution is 2.09. The number of quaternary nitrogens is 1. The SMILES string of the molecule is C/C(=N/[NH+](C(N)=S)C(C#N)(C#N)C(=C=[N-])C#N)c1ccccc1. The Labute approximate surface area is 138 Å². The van der Waals surface area contributed by atoms with Crippen LogP contribution in [0.2, 0.25) is 0 Å². The van der Waals surface area contributed by atoms with Gasteiger partial charge in [-0.25, -0.2) is 5.87 Å². The van der Waals surface area contributed by atoms with E-state index in [0.29, 0.717) is 5.71 Å². The van der Waals surface area contributed by atoms with Crippen molar-refractivity contribution < 1.29 is 5.01 Å². The number of thiocarbonyl (C=S) groups is 1. The molecule has 1 aromatic carbocycles. The maximum atomic E-state index is 9.41. The summed E-state index contributed by atoms with van der Waals surface area (Å²) in [5.74, 6) is 1.55. The molecule has 0 amide bonds. The Balaban J connectivity index is 3.56. The molecule has 7 nitrogen and oxygen atoms in total. The van der Waals surface area contributed by atoms with E-state index in [1.165, 1.54) is 0 Å². The van der Waals surface area contributed by atoms with Gasteiger partial charge in [0.25, 0.3) is 5.11 Å². The van der Waals surface area contributed by atoms with Crippen molar-refractivity contribution in [3.05, 3.63) is 46.9 Å². The molecule has 1 aromatic rings. The van der Waals surface area contributed by atoms with E-state index in [4.69, 9.17) is 28.6 Å². The Morgan fingerprint density at radius 1 is 1.26 bits per heavy atom. The van der Waals surface area contributed by atoms with E-state index in [0.717, 1.165) is 5.56 Å². The zero-order valence-corrected chi connectivity index (χ0v) is 12.9. The third-order valence-electron chi connectivity index (χ3n) is 2.99. The van der Waals surface area contributed by atoms with E-state index in [1.807, 2.05) is 6.07 Å². The van der Waals surface area contributed by atoms with Gasteiger partial charge in [0, 0.05) is 17.8 Å². The van der Waals surface area contributed by atoms with Gasteiger partial charge in [-0.1, -0.05) is 35.4 Å². The van der Waals surface area contributed by atoms with Crippen LogP contribution in [0.4, 0.5) is 0 Å². The summed E-state index contributed by atoms with van der Waals surface area (Å²) in [5, 5.41) is 40.5. The molecule has 8 heteroatoms. The van der Waals surface area contributed by atoms with Crippen molar-refractivity contribution in [2.45, 2.75) is 12.5 Å². The summed E-state index contributed by atoms with van der Waals surface area (Å²) in [6.07, 6.45) is 0. The lowest BCUT2D eigenvalue weighted by Crippen LogP contribution is -3.20. The number of hydrogen-bond donors (Lipinski definition) is 2. The maximum absolute atomic E-state index is 9.41. The van der Waals surface area contributed by atoms with E-state index in [1.54, 1.807) is 55.3 Å². The van der Waals surface area contributed by atoms with Crippen LogP contribution >= 0.6 is 12.2 Å². The smallest absolute Gasteiger partial charge is 0.341 e. The van der Waals surface area contributed by atoms with Crippen LogP contribution in [0.3, 0.4) is 0 Å². The molecule has 0 aliphatic heterocycles. The predicted octanol–water partition coefficient (Wildman–Crippen LogP) is 0.0141.